The molecule has 0 aliphatic heterocycles. The third-order valence-corrected chi connectivity index (χ3v) is 6.48. The van der Waals surface area contributed by atoms with Gasteiger partial charge in [-0.25, -0.2) is 0 Å². The summed E-state index contributed by atoms with van der Waals surface area (Å²) in [5.41, 5.74) is 11.3. The molecular weight excluding hydrogens is 476 g/mol. The number of aryl methyl sites for hydroxylation is 1. The first-order valence-corrected chi connectivity index (χ1v) is 12.5. The van der Waals surface area contributed by atoms with Gasteiger partial charge in [0.2, 0.25) is 5.91 Å². The molecule has 0 atom stereocenters. The Morgan fingerprint density at radius 3 is 2.39 bits per heavy atom. The lowest BCUT2D eigenvalue weighted by molar-refractivity contribution is 0.1000. The lowest BCUT2D eigenvalue weighted by atomic mass is 9.97. The number of hydrogen-bond donors (Lipinski definition) is 1. The maximum atomic E-state index is 11.3. The molecule has 3 aromatic rings. The van der Waals surface area contributed by atoms with Crippen molar-refractivity contribution in [2.24, 2.45) is 5.73 Å². The number of unbranched alkanes of at least 4 members (excludes halogenated alkanes) is 1. The summed E-state index contributed by atoms with van der Waals surface area (Å²) in [5.74, 6) is 0.916. The molecule has 0 bridgehead atoms. The molecule has 0 heterocycles. The maximum absolute atomic E-state index is 11.3. The Labute approximate surface area is 205 Å². The van der Waals surface area contributed by atoms with Crippen molar-refractivity contribution in [3.63, 3.8) is 0 Å². The molecule has 5 heteroatoms. The van der Waals surface area contributed by atoms with Gasteiger partial charge in [-0.15, -0.1) is 0 Å². The first-order chi connectivity index (χ1) is 16.0. The highest BCUT2D eigenvalue weighted by Crippen LogP contribution is 2.31. The van der Waals surface area contributed by atoms with Gasteiger partial charge in [0.05, 0.1) is 4.47 Å². The van der Waals surface area contributed by atoms with Crippen LogP contribution in [0.1, 0.15) is 60.7 Å². The van der Waals surface area contributed by atoms with E-state index in [2.05, 4.69) is 71.9 Å². The van der Waals surface area contributed by atoms with Crippen molar-refractivity contribution in [3.05, 3.63) is 87.4 Å². The quantitative estimate of drug-likeness (QED) is 0.296. The maximum Gasteiger partial charge on any atom is 0.248 e. The highest BCUT2D eigenvalue weighted by Gasteiger charge is 2.13. The van der Waals surface area contributed by atoms with E-state index in [1.54, 1.807) is 18.2 Å². The second kappa shape index (κ2) is 11.9. The Morgan fingerprint density at radius 2 is 1.79 bits per heavy atom. The van der Waals surface area contributed by atoms with Gasteiger partial charge in [0, 0.05) is 24.3 Å². The van der Waals surface area contributed by atoms with Crippen molar-refractivity contribution >= 4 is 27.5 Å². The topological polar surface area (TPSA) is 55.6 Å². The Hall–Kier alpha value is -2.79. The third-order valence-electron chi connectivity index (χ3n) is 5.86. The summed E-state index contributed by atoms with van der Waals surface area (Å²) in [6, 6.07) is 20.0. The van der Waals surface area contributed by atoms with Crippen LogP contribution in [0.15, 0.2) is 65.1 Å². The Balaban J connectivity index is 1.74. The van der Waals surface area contributed by atoms with Crippen LogP contribution in [0, 0.1) is 0 Å². The largest absolute Gasteiger partial charge is 0.456 e. The van der Waals surface area contributed by atoms with Crippen molar-refractivity contribution in [1.29, 1.82) is 0 Å². The summed E-state index contributed by atoms with van der Waals surface area (Å²) < 4.78 is 6.68. The number of hydrogen-bond acceptors (Lipinski definition) is 3. The van der Waals surface area contributed by atoms with Crippen molar-refractivity contribution in [1.82, 2.24) is 0 Å². The van der Waals surface area contributed by atoms with E-state index in [4.69, 9.17) is 10.5 Å². The monoisotopic (exact) mass is 508 g/mol. The van der Waals surface area contributed by atoms with E-state index in [1.165, 1.54) is 35.2 Å². The number of benzene rings is 3. The molecule has 0 radical (unpaired) electrons. The third kappa shape index (κ3) is 6.38. The zero-order valence-corrected chi connectivity index (χ0v) is 21.3. The normalized spacial score (nSPS) is 10.8. The van der Waals surface area contributed by atoms with E-state index >= 15 is 0 Å². The van der Waals surface area contributed by atoms with Crippen LogP contribution in [0.5, 0.6) is 11.5 Å². The minimum Gasteiger partial charge on any atom is -0.456 e. The molecule has 0 aliphatic carbocycles. The molecule has 0 fully saturated rings. The summed E-state index contributed by atoms with van der Waals surface area (Å²) in [4.78, 5) is 13.8. The van der Waals surface area contributed by atoms with Gasteiger partial charge in [-0.3, -0.25) is 4.79 Å². The standard InChI is InChI=1S/C28H33BrN2O2/c1-4-7-9-21-10-8-11-26(24(21)5-2)31(6-3)19-20-12-15-23(16-13-20)33-27-17-14-22(28(30)32)18-25(27)29/h8,10-18H,4-7,9,19H2,1-3H3,(H2,30,32). The van der Waals surface area contributed by atoms with E-state index < -0.39 is 5.91 Å². The minimum atomic E-state index is -0.464. The molecule has 0 unspecified atom stereocenters. The van der Waals surface area contributed by atoms with Crippen molar-refractivity contribution in [3.8, 4) is 11.5 Å². The van der Waals surface area contributed by atoms with Crippen molar-refractivity contribution < 1.29 is 9.53 Å². The molecular formula is C28H33BrN2O2. The van der Waals surface area contributed by atoms with Gasteiger partial charge in [0.15, 0.2) is 0 Å². The van der Waals surface area contributed by atoms with Crippen LogP contribution in [0.25, 0.3) is 0 Å². The molecule has 4 nitrogen and oxygen atoms in total. The Kier molecular flexibility index (Phi) is 8.95. The highest BCUT2D eigenvalue weighted by molar-refractivity contribution is 9.10. The number of amides is 1. The summed E-state index contributed by atoms with van der Waals surface area (Å²) in [6.07, 6.45) is 4.63. The van der Waals surface area contributed by atoms with Crippen LogP contribution in [-0.4, -0.2) is 12.5 Å². The molecule has 0 spiro atoms. The average molecular weight is 509 g/mol. The number of nitrogens with zero attached hydrogens (tertiary/aromatic N) is 1. The molecule has 3 aromatic carbocycles. The molecule has 0 aromatic heterocycles. The first-order valence-electron chi connectivity index (χ1n) is 11.7. The van der Waals surface area contributed by atoms with Crippen LogP contribution in [0.2, 0.25) is 0 Å². The zero-order chi connectivity index (χ0) is 23.8. The first kappa shape index (κ1) is 24.8. The molecule has 1 amide bonds. The molecule has 2 N–H and O–H groups in total. The minimum absolute atomic E-state index is 0.439. The average Bonchev–Trinajstić information content (AvgIpc) is 2.83. The lowest BCUT2D eigenvalue weighted by Crippen LogP contribution is -2.23. The van der Waals surface area contributed by atoms with Crippen molar-refractivity contribution in [2.75, 3.05) is 11.4 Å². The molecule has 174 valence electrons. The van der Waals surface area contributed by atoms with Crippen LogP contribution in [0.3, 0.4) is 0 Å². The molecule has 0 saturated heterocycles. The SMILES string of the molecule is CCCCc1cccc(N(CC)Cc2ccc(Oc3ccc(C(N)=O)cc3Br)cc2)c1CC. The van der Waals surface area contributed by atoms with E-state index in [-0.39, 0.29) is 0 Å². The van der Waals surface area contributed by atoms with Crippen LogP contribution in [-0.2, 0) is 19.4 Å². The summed E-state index contributed by atoms with van der Waals surface area (Å²) in [6.45, 7) is 8.50. The smallest absolute Gasteiger partial charge is 0.248 e. The van der Waals surface area contributed by atoms with Crippen LogP contribution in [0.4, 0.5) is 5.69 Å². The van der Waals surface area contributed by atoms with Gasteiger partial charge in [0.25, 0.3) is 0 Å². The number of nitrogens with two attached hydrogens (primary N) is 1. The van der Waals surface area contributed by atoms with Gasteiger partial charge in [-0.05, 0) is 95.2 Å². The fourth-order valence-corrected chi connectivity index (χ4v) is 4.50. The van der Waals surface area contributed by atoms with Gasteiger partial charge in [-0.1, -0.05) is 44.5 Å². The van der Waals surface area contributed by atoms with Gasteiger partial charge < -0.3 is 15.4 Å². The summed E-state index contributed by atoms with van der Waals surface area (Å²) >= 11 is 3.45. The number of carbonyl (C=O) groups excluding carboxylic acids is 1. The summed E-state index contributed by atoms with van der Waals surface area (Å²) in [5, 5.41) is 0. The highest BCUT2D eigenvalue weighted by atomic mass is 79.9. The van der Waals surface area contributed by atoms with Crippen molar-refractivity contribution in [2.45, 2.75) is 53.0 Å². The molecule has 0 aliphatic rings. The predicted molar refractivity (Wildman–Crippen MR) is 140 cm³/mol. The molecule has 3 rings (SSSR count). The zero-order valence-electron chi connectivity index (χ0n) is 19.7. The van der Waals surface area contributed by atoms with E-state index in [0.717, 1.165) is 31.7 Å². The fraction of sp³-hybridized carbons (Fsp3) is 0.321. The molecule has 0 saturated carbocycles. The number of ether oxygens (including phenoxy) is 1. The van der Waals surface area contributed by atoms with Gasteiger partial charge in [-0.2, -0.15) is 0 Å². The number of primary amides is 1. The van der Waals surface area contributed by atoms with Gasteiger partial charge in [0.1, 0.15) is 11.5 Å². The lowest BCUT2D eigenvalue weighted by Gasteiger charge is -2.27. The summed E-state index contributed by atoms with van der Waals surface area (Å²) in [7, 11) is 0. The van der Waals surface area contributed by atoms with Crippen LogP contribution >= 0.6 is 15.9 Å². The Bertz CT molecular complexity index is 1080. The molecule has 33 heavy (non-hydrogen) atoms. The van der Waals surface area contributed by atoms with E-state index in [1.807, 2.05) is 12.1 Å². The number of carbonyl (C=O) groups is 1. The fourth-order valence-electron chi connectivity index (χ4n) is 4.04. The number of anilines is 1. The van der Waals surface area contributed by atoms with Crippen LogP contribution < -0.4 is 15.4 Å². The second-order valence-corrected chi connectivity index (χ2v) is 9.00. The predicted octanol–water partition coefficient (Wildman–Crippen LogP) is 7.27. The number of rotatable bonds is 11. The second-order valence-electron chi connectivity index (χ2n) is 8.14. The number of halogens is 1. The Morgan fingerprint density at radius 1 is 1.03 bits per heavy atom. The van der Waals surface area contributed by atoms with E-state index in [0.29, 0.717) is 15.8 Å². The van der Waals surface area contributed by atoms with E-state index in [9.17, 15) is 4.79 Å². The van der Waals surface area contributed by atoms with Gasteiger partial charge >= 0.3 is 0 Å².